The monoisotopic (exact) mass is 395 g/mol. The summed E-state index contributed by atoms with van der Waals surface area (Å²) >= 11 is 5.84. The predicted octanol–water partition coefficient (Wildman–Crippen LogP) is 4.07. The van der Waals surface area contributed by atoms with Gasteiger partial charge in [-0.2, -0.15) is 0 Å². The second kappa shape index (κ2) is 7.58. The first-order valence-corrected chi connectivity index (χ1v) is 8.74. The molecule has 140 valence electrons. The zero-order chi connectivity index (χ0) is 19.5. The number of nitrogens with zero attached hydrogens (tertiary/aromatic N) is 2. The molecule has 0 aliphatic heterocycles. The zero-order valence-electron chi connectivity index (χ0n) is 14.5. The lowest BCUT2D eigenvalue weighted by Crippen LogP contribution is -2.24. The predicted molar refractivity (Wildman–Crippen MR) is 105 cm³/mol. The number of carbonyl (C=O) groups excluding carboxylic acids is 1. The van der Waals surface area contributed by atoms with Gasteiger partial charge in [0.2, 0.25) is 11.8 Å². The van der Waals surface area contributed by atoms with Crippen molar-refractivity contribution in [3.8, 4) is 11.6 Å². The van der Waals surface area contributed by atoms with Gasteiger partial charge >= 0.3 is 5.76 Å². The number of benzene rings is 2. The molecule has 1 amide bonds. The van der Waals surface area contributed by atoms with Crippen LogP contribution in [0, 0.1) is 0 Å². The Morgan fingerprint density at radius 3 is 2.64 bits per heavy atom. The summed E-state index contributed by atoms with van der Waals surface area (Å²) in [6.45, 7) is -0.168. The molecule has 7 nitrogen and oxygen atoms in total. The highest BCUT2D eigenvalue weighted by Crippen LogP contribution is 2.22. The topological polar surface area (TPSA) is 86.4 Å². The molecule has 0 spiro atoms. The number of aromatic nitrogens is 2. The van der Waals surface area contributed by atoms with E-state index in [9.17, 15) is 9.59 Å². The van der Waals surface area contributed by atoms with Crippen molar-refractivity contribution in [2.45, 2.75) is 6.54 Å². The number of para-hydroxylation sites is 2. The van der Waals surface area contributed by atoms with E-state index in [1.807, 2.05) is 0 Å². The summed E-state index contributed by atoms with van der Waals surface area (Å²) in [6.07, 6.45) is 1.47. The van der Waals surface area contributed by atoms with Gasteiger partial charge in [-0.25, -0.2) is 9.78 Å². The molecule has 0 saturated heterocycles. The fraction of sp³-hybridized carbons (Fsp3) is 0.0500. The summed E-state index contributed by atoms with van der Waals surface area (Å²) in [5.41, 5.74) is 1.48. The first-order chi connectivity index (χ1) is 13.6. The van der Waals surface area contributed by atoms with Gasteiger partial charge in [0, 0.05) is 11.1 Å². The second-order valence-electron chi connectivity index (χ2n) is 5.91. The minimum atomic E-state index is -0.582. The quantitative estimate of drug-likeness (QED) is 0.550. The van der Waals surface area contributed by atoms with E-state index in [2.05, 4.69) is 10.3 Å². The molecule has 0 fully saturated rings. The Hall–Kier alpha value is -3.58. The van der Waals surface area contributed by atoms with Crippen molar-refractivity contribution in [1.82, 2.24) is 9.55 Å². The normalized spacial score (nSPS) is 10.8. The van der Waals surface area contributed by atoms with Crippen molar-refractivity contribution in [3.05, 3.63) is 82.4 Å². The van der Waals surface area contributed by atoms with E-state index >= 15 is 0 Å². The van der Waals surface area contributed by atoms with E-state index in [4.69, 9.17) is 20.8 Å². The number of fused-ring (bicyclic) bond motifs is 1. The summed E-state index contributed by atoms with van der Waals surface area (Å²) in [7, 11) is 0. The minimum Gasteiger partial charge on any atom is -0.439 e. The fourth-order valence-electron chi connectivity index (χ4n) is 2.65. The highest BCUT2D eigenvalue weighted by Gasteiger charge is 2.12. The van der Waals surface area contributed by atoms with Crippen LogP contribution in [0.15, 0.2) is 76.1 Å². The van der Waals surface area contributed by atoms with Crippen LogP contribution in [0.4, 0.5) is 5.69 Å². The standard InChI is InChI=1S/C20H14ClN3O4/c21-13-5-8-15(9-6-13)27-19-10-7-14(11-22-19)23-18(25)12-24-16-3-1-2-4-17(16)28-20(24)26/h1-11H,12H2,(H,23,25). The number of pyridine rings is 1. The van der Waals surface area contributed by atoms with Crippen LogP contribution in [0.3, 0.4) is 0 Å². The lowest BCUT2D eigenvalue weighted by atomic mass is 10.3. The highest BCUT2D eigenvalue weighted by molar-refractivity contribution is 6.30. The molecular formula is C20H14ClN3O4. The third kappa shape index (κ3) is 3.89. The number of rotatable bonds is 5. The lowest BCUT2D eigenvalue weighted by Gasteiger charge is -2.07. The van der Waals surface area contributed by atoms with Crippen LogP contribution >= 0.6 is 11.6 Å². The molecular weight excluding hydrogens is 382 g/mol. The first-order valence-electron chi connectivity index (χ1n) is 8.36. The Kier molecular flexibility index (Phi) is 4.82. The smallest absolute Gasteiger partial charge is 0.420 e. The molecule has 0 unspecified atom stereocenters. The third-order valence-corrected chi connectivity index (χ3v) is 4.18. The maximum atomic E-state index is 12.3. The molecule has 0 radical (unpaired) electrons. The average Bonchev–Trinajstić information content (AvgIpc) is 3.00. The van der Waals surface area contributed by atoms with E-state index in [0.717, 1.165) is 0 Å². The number of oxazole rings is 1. The average molecular weight is 396 g/mol. The van der Waals surface area contributed by atoms with Crippen LogP contribution in [-0.2, 0) is 11.3 Å². The van der Waals surface area contributed by atoms with Gasteiger partial charge in [-0.15, -0.1) is 0 Å². The summed E-state index contributed by atoms with van der Waals surface area (Å²) in [6, 6.07) is 17.1. The number of hydrogen-bond donors (Lipinski definition) is 1. The van der Waals surface area contributed by atoms with E-state index < -0.39 is 5.76 Å². The van der Waals surface area contributed by atoms with Gasteiger partial charge in [-0.05, 0) is 42.5 Å². The van der Waals surface area contributed by atoms with Crippen LogP contribution in [0.1, 0.15) is 0 Å². The summed E-state index contributed by atoms with van der Waals surface area (Å²) in [5.74, 6) is 0.0141. The first kappa shape index (κ1) is 17.8. The van der Waals surface area contributed by atoms with E-state index in [-0.39, 0.29) is 12.5 Å². The van der Waals surface area contributed by atoms with Gasteiger partial charge in [0.05, 0.1) is 17.4 Å². The van der Waals surface area contributed by atoms with Crippen molar-refractivity contribution >= 4 is 34.3 Å². The molecule has 0 atom stereocenters. The van der Waals surface area contributed by atoms with Crippen molar-refractivity contribution in [3.63, 3.8) is 0 Å². The maximum absolute atomic E-state index is 12.3. The summed E-state index contributed by atoms with van der Waals surface area (Å²) in [5, 5.41) is 3.31. The number of ether oxygens (including phenoxy) is 1. The number of nitrogens with one attached hydrogen (secondary N) is 1. The molecule has 1 N–H and O–H groups in total. The summed E-state index contributed by atoms with van der Waals surface area (Å²) in [4.78, 5) is 28.4. The SMILES string of the molecule is O=C(Cn1c(=O)oc2ccccc21)Nc1ccc(Oc2ccc(Cl)cc2)nc1. The molecule has 0 saturated carbocycles. The van der Waals surface area contributed by atoms with E-state index in [0.29, 0.717) is 33.4 Å². The van der Waals surface area contributed by atoms with Crippen LogP contribution < -0.4 is 15.8 Å². The maximum Gasteiger partial charge on any atom is 0.420 e. The van der Waals surface area contributed by atoms with Crippen LogP contribution in [0.25, 0.3) is 11.1 Å². The molecule has 8 heteroatoms. The Balaban J connectivity index is 1.42. The van der Waals surface area contributed by atoms with Crippen molar-refractivity contribution in [2.24, 2.45) is 0 Å². The van der Waals surface area contributed by atoms with Crippen LogP contribution in [0.5, 0.6) is 11.6 Å². The molecule has 28 heavy (non-hydrogen) atoms. The number of anilines is 1. The molecule has 2 aromatic carbocycles. The van der Waals surface area contributed by atoms with Crippen LogP contribution in [0.2, 0.25) is 5.02 Å². The van der Waals surface area contributed by atoms with Gasteiger partial charge in [0.1, 0.15) is 12.3 Å². The Morgan fingerprint density at radius 2 is 1.89 bits per heavy atom. The number of carbonyl (C=O) groups is 1. The Bertz CT molecular complexity index is 1180. The second-order valence-corrected chi connectivity index (χ2v) is 6.35. The molecule has 4 rings (SSSR count). The number of halogens is 1. The Labute approximate surface area is 164 Å². The van der Waals surface area contributed by atoms with Crippen LogP contribution in [-0.4, -0.2) is 15.5 Å². The molecule has 0 aliphatic carbocycles. The fourth-order valence-corrected chi connectivity index (χ4v) is 2.77. The van der Waals surface area contributed by atoms with Gasteiger partial charge in [-0.3, -0.25) is 9.36 Å². The molecule has 4 aromatic rings. The summed E-state index contributed by atoms with van der Waals surface area (Å²) < 4.78 is 12.0. The third-order valence-electron chi connectivity index (χ3n) is 3.93. The van der Waals surface area contributed by atoms with Crippen molar-refractivity contribution in [2.75, 3.05) is 5.32 Å². The zero-order valence-corrected chi connectivity index (χ0v) is 15.2. The minimum absolute atomic E-state index is 0.168. The van der Waals surface area contributed by atoms with Gasteiger partial charge in [-0.1, -0.05) is 23.7 Å². The van der Waals surface area contributed by atoms with Gasteiger partial charge in [0.25, 0.3) is 0 Å². The van der Waals surface area contributed by atoms with Crippen molar-refractivity contribution in [1.29, 1.82) is 0 Å². The lowest BCUT2D eigenvalue weighted by molar-refractivity contribution is -0.116. The molecule has 0 aliphatic rings. The Morgan fingerprint density at radius 1 is 1.11 bits per heavy atom. The van der Waals surface area contributed by atoms with Crippen molar-refractivity contribution < 1.29 is 13.9 Å². The van der Waals surface area contributed by atoms with Gasteiger partial charge < -0.3 is 14.5 Å². The molecule has 2 heterocycles. The number of amides is 1. The van der Waals surface area contributed by atoms with Gasteiger partial charge in [0.15, 0.2) is 5.58 Å². The van der Waals surface area contributed by atoms with E-state index in [1.165, 1.54) is 10.8 Å². The van der Waals surface area contributed by atoms with E-state index in [1.54, 1.807) is 60.7 Å². The highest BCUT2D eigenvalue weighted by atomic mass is 35.5. The number of hydrogen-bond acceptors (Lipinski definition) is 5. The largest absolute Gasteiger partial charge is 0.439 e. The molecule has 0 bridgehead atoms. The molecule has 2 aromatic heterocycles.